The Kier molecular flexibility index (Phi) is 3.49. The molecule has 0 aliphatic heterocycles. The van der Waals surface area contributed by atoms with E-state index >= 15 is 0 Å². The van der Waals surface area contributed by atoms with Gasteiger partial charge in [0.2, 0.25) is 5.16 Å². The van der Waals surface area contributed by atoms with Crippen LogP contribution in [0.25, 0.3) is 5.65 Å². The number of carbonyl (C=O) groups excluding carboxylic acids is 1. The van der Waals surface area contributed by atoms with E-state index in [4.69, 9.17) is 10.5 Å². The van der Waals surface area contributed by atoms with Crippen LogP contribution in [0.5, 0.6) is 0 Å². The summed E-state index contributed by atoms with van der Waals surface area (Å²) in [5.41, 5.74) is 7.73. The van der Waals surface area contributed by atoms with Gasteiger partial charge in [-0.25, -0.2) is 4.79 Å². The Bertz CT molecular complexity index is 816. The fourth-order valence-corrected chi connectivity index (χ4v) is 2.76. The van der Waals surface area contributed by atoms with Gasteiger partial charge in [0.25, 0.3) is 0 Å². The normalized spacial score (nSPS) is 10.7. The van der Waals surface area contributed by atoms with E-state index in [1.165, 1.54) is 18.9 Å². The average Bonchev–Trinajstić information content (AvgIpc) is 2.92. The lowest BCUT2D eigenvalue weighted by Crippen LogP contribution is -2.02. The Hall–Kier alpha value is -2.54. The van der Waals surface area contributed by atoms with E-state index < -0.39 is 5.97 Å². The van der Waals surface area contributed by atoms with Crippen molar-refractivity contribution in [1.82, 2.24) is 14.6 Å². The molecule has 0 spiro atoms. The lowest BCUT2D eigenvalue weighted by Gasteiger charge is -2.06. The van der Waals surface area contributed by atoms with Crippen molar-refractivity contribution in [3.8, 4) is 0 Å². The number of hydrogen-bond acceptors (Lipinski definition) is 6. The first kappa shape index (κ1) is 13.4. The van der Waals surface area contributed by atoms with E-state index in [1.54, 1.807) is 18.2 Å². The minimum absolute atomic E-state index is 0.400. The van der Waals surface area contributed by atoms with Gasteiger partial charge in [-0.15, -0.1) is 10.2 Å². The molecule has 6 nitrogen and oxygen atoms in total. The first-order valence-electron chi connectivity index (χ1n) is 6.14. The quantitative estimate of drug-likeness (QED) is 0.590. The zero-order valence-corrected chi connectivity index (χ0v) is 12.0. The third kappa shape index (κ3) is 2.55. The van der Waals surface area contributed by atoms with Crippen molar-refractivity contribution in [2.45, 2.75) is 10.1 Å². The second-order valence-electron chi connectivity index (χ2n) is 4.26. The van der Waals surface area contributed by atoms with Crippen LogP contribution in [0.15, 0.2) is 52.6 Å². The predicted octanol–water partition coefficient (Wildman–Crippen LogP) is 2.25. The van der Waals surface area contributed by atoms with Crippen LogP contribution in [0.2, 0.25) is 0 Å². The van der Waals surface area contributed by atoms with Crippen LogP contribution < -0.4 is 5.73 Å². The summed E-state index contributed by atoms with van der Waals surface area (Å²) in [6, 6.07) is 10.7. The van der Waals surface area contributed by atoms with Gasteiger partial charge in [-0.2, -0.15) is 0 Å². The van der Waals surface area contributed by atoms with Gasteiger partial charge in [-0.1, -0.05) is 6.07 Å². The number of nitrogens with zero attached hydrogens (tertiary/aromatic N) is 3. The van der Waals surface area contributed by atoms with Crippen molar-refractivity contribution in [3.63, 3.8) is 0 Å². The molecule has 0 saturated carbocycles. The first-order valence-corrected chi connectivity index (χ1v) is 6.96. The maximum atomic E-state index is 11.6. The van der Waals surface area contributed by atoms with Crippen molar-refractivity contribution >= 4 is 29.1 Å². The van der Waals surface area contributed by atoms with Gasteiger partial charge in [0.05, 0.1) is 12.7 Å². The molecule has 2 aromatic heterocycles. The number of aromatic nitrogens is 3. The number of nitrogens with two attached hydrogens (primary N) is 1. The molecular weight excluding hydrogens is 288 g/mol. The molecule has 0 saturated heterocycles. The number of methoxy groups -OCH3 is 1. The SMILES string of the molecule is COC(=O)c1ccc(N)c(Sc2nnc3ccccn23)c1. The monoisotopic (exact) mass is 300 g/mol. The fraction of sp³-hybridized carbons (Fsp3) is 0.0714. The molecule has 3 rings (SSSR count). The maximum absolute atomic E-state index is 11.6. The zero-order chi connectivity index (χ0) is 14.8. The Labute approximate surface area is 124 Å². The Morgan fingerprint density at radius 1 is 1.29 bits per heavy atom. The van der Waals surface area contributed by atoms with E-state index in [0.717, 1.165) is 10.5 Å². The van der Waals surface area contributed by atoms with Gasteiger partial charge < -0.3 is 10.5 Å². The Morgan fingerprint density at radius 3 is 2.95 bits per heavy atom. The minimum Gasteiger partial charge on any atom is -0.465 e. The molecule has 0 bridgehead atoms. The average molecular weight is 300 g/mol. The number of rotatable bonds is 3. The molecular formula is C14H12N4O2S. The molecule has 2 heterocycles. The second kappa shape index (κ2) is 5.45. The number of fused-ring (bicyclic) bond motifs is 1. The number of esters is 1. The summed E-state index contributed by atoms with van der Waals surface area (Å²) in [7, 11) is 1.34. The summed E-state index contributed by atoms with van der Waals surface area (Å²) in [5.74, 6) is -0.400. The van der Waals surface area contributed by atoms with Crippen LogP contribution in [-0.4, -0.2) is 27.7 Å². The number of pyridine rings is 1. The van der Waals surface area contributed by atoms with Crippen LogP contribution >= 0.6 is 11.8 Å². The lowest BCUT2D eigenvalue weighted by molar-refractivity contribution is 0.0600. The van der Waals surface area contributed by atoms with Gasteiger partial charge in [0.15, 0.2) is 5.65 Å². The third-order valence-electron chi connectivity index (χ3n) is 2.92. The molecule has 0 unspecified atom stereocenters. The molecule has 0 aliphatic carbocycles. The van der Waals surface area contributed by atoms with Crippen LogP contribution in [0, 0.1) is 0 Å². The van der Waals surface area contributed by atoms with Crippen molar-refractivity contribution in [2.75, 3.05) is 12.8 Å². The number of benzene rings is 1. The molecule has 21 heavy (non-hydrogen) atoms. The number of nitrogen functional groups attached to an aromatic ring is 1. The van der Waals surface area contributed by atoms with E-state index in [-0.39, 0.29) is 0 Å². The third-order valence-corrected chi connectivity index (χ3v) is 3.95. The van der Waals surface area contributed by atoms with Gasteiger partial charge in [-0.05, 0) is 42.1 Å². The molecule has 1 aromatic carbocycles. The van der Waals surface area contributed by atoms with Gasteiger partial charge in [0.1, 0.15) is 0 Å². The summed E-state index contributed by atoms with van der Waals surface area (Å²) in [6.45, 7) is 0. The molecule has 0 amide bonds. The fourth-order valence-electron chi connectivity index (χ4n) is 1.86. The number of carbonyl (C=O) groups is 1. The first-order chi connectivity index (χ1) is 10.2. The highest BCUT2D eigenvalue weighted by atomic mass is 32.2. The van der Waals surface area contributed by atoms with Gasteiger partial charge >= 0.3 is 5.97 Å². The zero-order valence-electron chi connectivity index (χ0n) is 11.2. The number of hydrogen-bond donors (Lipinski definition) is 1. The van der Waals surface area contributed by atoms with Gasteiger partial charge in [0, 0.05) is 16.8 Å². The largest absolute Gasteiger partial charge is 0.465 e. The highest BCUT2D eigenvalue weighted by molar-refractivity contribution is 7.99. The summed E-state index contributed by atoms with van der Waals surface area (Å²) >= 11 is 1.35. The van der Waals surface area contributed by atoms with Crippen molar-refractivity contribution in [2.24, 2.45) is 0 Å². The summed E-state index contributed by atoms with van der Waals surface area (Å²) in [4.78, 5) is 12.3. The molecule has 0 aliphatic rings. The van der Waals surface area contributed by atoms with Crippen molar-refractivity contribution in [1.29, 1.82) is 0 Å². The highest BCUT2D eigenvalue weighted by Gasteiger charge is 2.12. The summed E-state index contributed by atoms with van der Waals surface area (Å²) in [5, 5.41) is 8.89. The van der Waals surface area contributed by atoms with Crippen LogP contribution in [0.4, 0.5) is 5.69 Å². The molecule has 0 radical (unpaired) electrons. The Balaban J connectivity index is 1.99. The molecule has 0 atom stereocenters. The van der Waals surface area contributed by atoms with E-state index in [1.807, 2.05) is 28.8 Å². The topological polar surface area (TPSA) is 82.5 Å². The predicted molar refractivity (Wildman–Crippen MR) is 79.3 cm³/mol. The smallest absolute Gasteiger partial charge is 0.337 e. The standard InChI is InChI=1S/C14H12N4O2S/c1-20-13(19)9-5-6-10(15)11(8-9)21-14-17-16-12-4-2-3-7-18(12)14/h2-8H,15H2,1H3. The van der Waals surface area contributed by atoms with Crippen LogP contribution in [0.1, 0.15) is 10.4 Å². The summed E-state index contributed by atoms with van der Waals surface area (Å²) in [6.07, 6.45) is 1.87. The molecule has 106 valence electrons. The van der Waals surface area contributed by atoms with Crippen LogP contribution in [0.3, 0.4) is 0 Å². The van der Waals surface area contributed by atoms with E-state index in [2.05, 4.69) is 10.2 Å². The molecule has 0 fully saturated rings. The lowest BCUT2D eigenvalue weighted by atomic mass is 10.2. The maximum Gasteiger partial charge on any atom is 0.337 e. The second-order valence-corrected chi connectivity index (χ2v) is 5.27. The molecule has 3 aromatic rings. The van der Waals surface area contributed by atoms with E-state index in [0.29, 0.717) is 16.4 Å². The van der Waals surface area contributed by atoms with E-state index in [9.17, 15) is 4.79 Å². The summed E-state index contributed by atoms with van der Waals surface area (Å²) < 4.78 is 6.57. The van der Waals surface area contributed by atoms with Crippen molar-refractivity contribution < 1.29 is 9.53 Å². The van der Waals surface area contributed by atoms with Crippen molar-refractivity contribution in [3.05, 3.63) is 48.2 Å². The number of anilines is 1. The number of ether oxygens (including phenoxy) is 1. The highest BCUT2D eigenvalue weighted by Crippen LogP contribution is 2.32. The molecule has 7 heteroatoms. The van der Waals surface area contributed by atoms with Gasteiger partial charge in [-0.3, -0.25) is 4.40 Å². The van der Waals surface area contributed by atoms with Crippen LogP contribution in [-0.2, 0) is 4.74 Å². The minimum atomic E-state index is -0.400. The Morgan fingerprint density at radius 2 is 2.14 bits per heavy atom. The molecule has 2 N–H and O–H groups in total.